The first-order chi connectivity index (χ1) is 10.5. The van der Waals surface area contributed by atoms with E-state index in [1.165, 1.54) is 5.56 Å². The van der Waals surface area contributed by atoms with Gasteiger partial charge in [-0.05, 0) is 45.1 Å². The van der Waals surface area contributed by atoms with Gasteiger partial charge >= 0.3 is 0 Å². The molecule has 1 N–H and O–H groups in total. The molecule has 0 unspecified atom stereocenters. The molecule has 122 valence electrons. The molecule has 2 heterocycles. The summed E-state index contributed by atoms with van der Waals surface area (Å²) >= 11 is 0. The number of aryl methyl sites for hydroxylation is 1. The van der Waals surface area contributed by atoms with Gasteiger partial charge in [-0.25, -0.2) is 0 Å². The Morgan fingerprint density at radius 1 is 1.32 bits per heavy atom. The molecule has 22 heavy (non-hydrogen) atoms. The van der Waals surface area contributed by atoms with Crippen LogP contribution in [0.4, 0.5) is 0 Å². The average molecular weight is 306 g/mol. The fourth-order valence-corrected chi connectivity index (χ4v) is 3.29. The number of carbonyl (C=O) groups excluding carboxylic acids is 2. The third-order valence-electron chi connectivity index (χ3n) is 4.54. The monoisotopic (exact) mass is 306 g/mol. The Labute approximate surface area is 131 Å². The van der Waals surface area contributed by atoms with E-state index in [0.717, 1.165) is 37.1 Å². The van der Waals surface area contributed by atoms with Crippen LogP contribution in [0.25, 0.3) is 0 Å². The van der Waals surface area contributed by atoms with Crippen molar-refractivity contribution < 1.29 is 9.59 Å². The Kier molecular flexibility index (Phi) is 5.21. The molecule has 0 aliphatic carbocycles. The van der Waals surface area contributed by atoms with Gasteiger partial charge in [-0.15, -0.1) is 0 Å². The fourth-order valence-electron chi connectivity index (χ4n) is 3.29. The highest BCUT2D eigenvalue weighted by atomic mass is 16.2. The Hall–Kier alpha value is -1.85. The standard InChI is InChI=1S/C16H26N4O2/c1-5-13-11(2)18-20(12(13)3)10-15(21)19-9-7-6-8-14(19)16(22)17-4/h14H,5-10H2,1-4H3,(H,17,22)/t14-/m0/s1. The molecule has 1 fully saturated rings. The summed E-state index contributed by atoms with van der Waals surface area (Å²) in [4.78, 5) is 26.3. The number of likely N-dealkylation sites (tertiary alicyclic amines) is 1. The van der Waals surface area contributed by atoms with Crippen molar-refractivity contribution in [1.82, 2.24) is 20.0 Å². The molecule has 0 bridgehead atoms. The number of nitrogens with zero attached hydrogens (tertiary/aromatic N) is 3. The molecule has 1 aromatic heterocycles. The Morgan fingerprint density at radius 2 is 2.05 bits per heavy atom. The van der Waals surface area contributed by atoms with E-state index in [1.807, 2.05) is 13.8 Å². The minimum absolute atomic E-state index is 0.0263. The van der Waals surface area contributed by atoms with Gasteiger partial charge in [-0.1, -0.05) is 6.92 Å². The summed E-state index contributed by atoms with van der Waals surface area (Å²) in [6, 6.07) is -0.339. The van der Waals surface area contributed by atoms with Gasteiger partial charge < -0.3 is 10.2 Å². The van der Waals surface area contributed by atoms with Gasteiger partial charge in [0.25, 0.3) is 0 Å². The molecule has 0 spiro atoms. The van der Waals surface area contributed by atoms with Crippen LogP contribution in [0.3, 0.4) is 0 Å². The highest BCUT2D eigenvalue weighted by Gasteiger charge is 2.31. The summed E-state index contributed by atoms with van der Waals surface area (Å²) in [6.45, 7) is 6.92. The molecule has 6 heteroatoms. The number of piperidine rings is 1. The van der Waals surface area contributed by atoms with E-state index in [9.17, 15) is 9.59 Å². The minimum atomic E-state index is -0.339. The molecule has 2 amide bonds. The Morgan fingerprint density at radius 3 is 2.64 bits per heavy atom. The minimum Gasteiger partial charge on any atom is -0.357 e. The molecule has 1 aromatic rings. The van der Waals surface area contributed by atoms with Crippen LogP contribution >= 0.6 is 0 Å². The quantitative estimate of drug-likeness (QED) is 0.908. The SMILES string of the molecule is CCc1c(C)nn(CC(=O)N2CCCC[C@H]2C(=O)NC)c1C. The van der Waals surface area contributed by atoms with Crippen LogP contribution in [0.1, 0.15) is 43.1 Å². The second kappa shape index (κ2) is 6.94. The number of hydrogen-bond acceptors (Lipinski definition) is 3. The normalized spacial score (nSPS) is 18.4. The zero-order valence-corrected chi connectivity index (χ0v) is 14.0. The zero-order valence-electron chi connectivity index (χ0n) is 14.0. The summed E-state index contributed by atoms with van der Waals surface area (Å²) in [6.07, 6.45) is 3.59. The molecule has 1 aliphatic heterocycles. The van der Waals surface area contributed by atoms with E-state index >= 15 is 0 Å². The van der Waals surface area contributed by atoms with Gasteiger partial charge in [-0.2, -0.15) is 5.10 Å². The van der Waals surface area contributed by atoms with Crippen LogP contribution in [0.2, 0.25) is 0 Å². The van der Waals surface area contributed by atoms with Gasteiger partial charge in [0, 0.05) is 19.3 Å². The predicted molar refractivity (Wildman–Crippen MR) is 84.5 cm³/mol. The number of carbonyl (C=O) groups is 2. The lowest BCUT2D eigenvalue weighted by atomic mass is 10.0. The fraction of sp³-hybridized carbons (Fsp3) is 0.688. The smallest absolute Gasteiger partial charge is 0.244 e. The molecule has 2 rings (SSSR count). The first-order valence-corrected chi connectivity index (χ1v) is 8.03. The van der Waals surface area contributed by atoms with Crippen molar-refractivity contribution in [3.8, 4) is 0 Å². The second-order valence-corrected chi connectivity index (χ2v) is 5.87. The number of amides is 2. The number of hydrogen-bond donors (Lipinski definition) is 1. The van der Waals surface area contributed by atoms with Crippen LogP contribution < -0.4 is 5.32 Å². The predicted octanol–water partition coefficient (Wildman–Crippen LogP) is 1.19. The van der Waals surface area contributed by atoms with Gasteiger partial charge in [-0.3, -0.25) is 14.3 Å². The third-order valence-corrected chi connectivity index (χ3v) is 4.54. The Bertz CT molecular complexity index is 565. The van der Waals surface area contributed by atoms with Crippen molar-refractivity contribution in [2.75, 3.05) is 13.6 Å². The average Bonchev–Trinajstić information content (AvgIpc) is 2.79. The Balaban J connectivity index is 2.15. The van der Waals surface area contributed by atoms with Crippen LogP contribution in [-0.4, -0.2) is 46.1 Å². The van der Waals surface area contributed by atoms with Gasteiger partial charge in [0.2, 0.25) is 11.8 Å². The molecule has 6 nitrogen and oxygen atoms in total. The molecule has 1 atom stereocenters. The van der Waals surface area contributed by atoms with Gasteiger partial charge in [0.1, 0.15) is 12.6 Å². The molecular formula is C16H26N4O2. The lowest BCUT2D eigenvalue weighted by Crippen LogP contribution is -2.52. The number of likely N-dealkylation sites (N-methyl/N-ethyl adjacent to an activating group) is 1. The van der Waals surface area contributed by atoms with E-state index in [2.05, 4.69) is 17.3 Å². The summed E-state index contributed by atoms with van der Waals surface area (Å²) < 4.78 is 1.77. The van der Waals surface area contributed by atoms with Crippen LogP contribution in [-0.2, 0) is 22.6 Å². The lowest BCUT2D eigenvalue weighted by molar-refractivity contribution is -0.142. The highest BCUT2D eigenvalue weighted by molar-refractivity contribution is 5.87. The molecular weight excluding hydrogens is 280 g/mol. The van der Waals surface area contributed by atoms with Crippen molar-refractivity contribution >= 4 is 11.8 Å². The molecule has 1 saturated heterocycles. The maximum absolute atomic E-state index is 12.6. The summed E-state index contributed by atoms with van der Waals surface area (Å²) in [5.74, 6) is -0.0998. The molecule has 1 aliphatic rings. The number of nitrogens with one attached hydrogen (secondary N) is 1. The number of aromatic nitrogens is 2. The molecule has 0 radical (unpaired) electrons. The second-order valence-electron chi connectivity index (χ2n) is 5.87. The van der Waals surface area contributed by atoms with Gasteiger partial charge in [0.05, 0.1) is 5.69 Å². The number of rotatable bonds is 4. The third kappa shape index (κ3) is 3.15. The van der Waals surface area contributed by atoms with E-state index < -0.39 is 0 Å². The summed E-state index contributed by atoms with van der Waals surface area (Å²) in [5, 5.41) is 7.14. The zero-order chi connectivity index (χ0) is 16.3. The molecule has 0 aromatic carbocycles. The maximum Gasteiger partial charge on any atom is 0.244 e. The summed E-state index contributed by atoms with van der Waals surface area (Å²) in [5.41, 5.74) is 3.23. The van der Waals surface area contributed by atoms with Crippen LogP contribution in [0.15, 0.2) is 0 Å². The summed E-state index contributed by atoms with van der Waals surface area (Å²) in [7, 11) is 1.62. The van der Waals surface area contributed by atoms with Gasteiger partial charge in [0.15, 0.2) is 0 Å². The van der Waals surface area contributed by atoms with Crippen molar-refractivity contribution in [2.24, 2.45) is 0 Å². The molecule has 0 saturated carbocycles. The van der Waals surface area contributed by atoms with Crippen LogP contribution in [0.5, 0.6) is 0 Å². The van der Waals surface area contributed by atoms with Crippen molar-refractivity contribution in [3.63, 3.8) is 0 Å². The first-order valence-electron chi connectivity index (χ1n) is 8.03. The van der Waals surface area contributed by atoms with E-state index in [4.69, 9.17) is 0 Å². The van der Waals surface area contributed by atoms with E-state index in [1.54, 1.807) is 16.6 Å². The first kappa shape index (κ1) is 16.5. The van der Waals surface area contributed by atoms with Crippen LogP contribution in [0, 0.1) is 13.8 Å². The van der Waals surface area contributed by atoms with Crippen molar-refractivity contribution in [3.05, 3.63) is 17.0 Å². The van der Waals surface area contributed by atoms with E-state index in [-0.39, 0.29) is 24.4 Å². The topological polar surface area (TPSA) is 67.2 Å². The van der Waals surface area contributed by atoms with E-state index in [0.29, 0.717) is 6.54 Å². The maximum atomic E-state index is 12.6. The van der Waals surface area contributed by atoms with Crippen molar-refractivity contribution in [1.29, 1.82) is 0 Å². The largest absolute Gasteiger partial charge is 0.357 e. The lowest BCUT2D eigenvalue weighted by Gasteiger charge is -2.34. The highest BCUT2D eigenvalue weighted by Crippen LogP contribution is 2.19. The van der Waals surface area contributed by atoms with Crippen molar-refractivity contribution in [2.45, 2.75) is 59.0 Å².